The van der Waals surface area contributed by atoms with Crippen LogP contribution < -0.4 is 16.4 Å². The lowest BCUT2D eigenvalue weighted by molar-refractivity contribution is -0.114. The molecule has 0 saturated heterocycles. The van der Waals surface area contributed by atoms with Crippen molar-refractivity contribution in [2.24, 2.45) is 5.73 Å². The molecule has 0 atom stereocenters. The van der Waals surface area contributed by atoms with Gasteiger partial charge in [0, 0.05) is 18.3 Å². The zero-order valence-corrected chi connectivity index (χ0v) is 7.43. The summed E-state index contributed by atoms with van der Waals surface area (Å²) >= 11 is 0. The molecule has 4 nitrogen and oxygen atoms in total. The van der Waals surface area contributed by atoms with Gasteiger partial charge in [0.1, 0.15) is 0 Å². The monoisotopic (exact) mass is 199 g/mol. The number of primary amides is 1. The van der Waals surface area contributed by atoms with E-state index in [0.717, 1.165) is 0 Å². The maximum absolute atomic E-state index is 10.4. The molecule has 11 heavy (non-hydrogen) atoms. The molecule has 4 N–H and O–H groups in total. The van der Waals surface area contributed by atoms with E-state index in [1.807, 2.05) is 0 Å². The molecular weight excluding hydrogens is 189 g/mol. The Bertz CT molecular complexity index is 160. The van der Waals surface area contributed by atoms with Crippen LogP contribution in [0.4, 0.5) is 0 Å². The molecular formula is C5H11Cl2N3O. The fourth-order valence-electron chi connectivity index (χ4n) is 0.653. The number of nitrogens with two attached hydrogens (primary N) is 1. The third-order valence-corrected chi connectivity index (χ3v) is 1.14. The van der Waals surface area contributed by atoms with Crippen LogP contribution >= 0.6 is 24.8 Å². The topological polar surface area (TPSA) is 67.2 Å². The second kappa shape index (κ2) is 6.27. The summed E-state index contributed by atoms with van der Waals surface area (Å²) in [5, 5.41) is 5.78. The highest BCUT2D eigenvalue weighted by atomic mass is 35.5. The molecule has 0 aromatic rings. The lowest BCUT2D eigenvalue weighted by Gasteiger charge is -2.12. The van der Waals surface area contributed by atoms with Crippen molar-refractivity contribution in [1.82, 2.24) is 10.6 Å². The number of amides is 1. The van der Waals surface area contributed by atoms with Crippen LogP contribution in [-0.2, 0) is 4.79 Å². The smallest absolute Gasteiger partial charge is 0.247 e. The van der Waals surface area contributed by atoms with Gasteiger partial charge < -0.3 is 11.1 Å². The predicted molar refractivity (Wildman–Crippen MR) is 47.8 cm³/mol. The van der Waals surface area contributed by atoms with Gasteiger partial charge in [-0.15, -0.1) is 24.8 Å². The quantitative estimate of drug-likeness (QED) is 0.526. The van der Waals surface area contributed by atoms with Crippen LogP contribution in [0.1, 0.15) is 0 Å². The number of hydrogen-bond acceptors (Lipinski definition) is 3. The number of carbonyl (C=O) groups is 1. The van der Waals surface area contributed by atoms with Gasteiger partial charge in [-0.25, -0.2) is 0 Å². The van der Waals surface area contributed by atoms with E-state index in [0.29, 0.717) is 18.8 Å². The van der Waals surface area contributed by atoms with Gasteiger partial charge in [-0.1, -0.05) is 0 Å². The minimum Gasteiger partial charge on any atom is -0.378 e. The van der Waals surface area contributed by atoms with E-state index < -0.39 is 0 Å². The van der Waals surface area contributed by atoms with Crippen LogP contribution in [-0.4, -0.2) is 19.1 Å². The van der Waals surface area contributed by atoms with Gasteiger partial charge in [0.25, 0.3) is 0 Å². The molecule has 1 rings (SSSR count). The van der Waals surface area contributed by atoms with Crippen molar-refractivity contribution in [3.8, 4) is 0 Å². The summed E-state index contributed by atoms with van der Waals surface area (Å²) in [7, 11) is 0. The molecule has 66 valence electrons. The number of rotatable bonds is 1. The minimum atomic E-state index is -0.366. The fourth-order valence-corrected chi connectivity index (χ4v) is 0.653. The molecule has 1 heterocycles. The minimum absolute atomic E-state index is 0. The fraction of sp³-hybridized carbons (Fsp3) is 0.400. The van der Waals surface area contributed by atoms with Crippen molar-refractivity contribution in [3.63, 3.8) is 0 Å². The third-order valence-electron chi connectivity index (χ3n) is 1.14. The van der Waals surface area contributed by atoms with E-state index in [9.17, 15) is 4.79 Å². The van der Waals surface area contributed by atoms with Gasteiger partial charge in [-0.2, -0.15) is 0 Å². The summed E-state index contributed by atoms with van der Waals surface area (Å²) < 4.78 is 0. The summed E-state index contributed by atoms with van der Waals surface area (Å²) in [6, 6.07) is 0. The Labute approximate surface area is 77.4 Å². The number of hydrogen-bond donors (Lipinski definition) is 3. The number of halogens is 2. The second-order valence-corrected chi connectivity index (χ2v) is 1.84. The van der Waals surface area contributed by atoms with E-state index >= 15 is 0 Å². The average Bonchev–Trinajstić information content (AvgIpc) is 1.90. The first-order valence-electron chi connectivity index (χ1n) is 2.73. The second-order valence-electron chi connectivity index (χ2n) is 1.84. The largest absolute Gasteiger partial charge is 0.378 e. The first kappa shape index (κ1) is 13.2. The highest BCUT2D eigenvalue weighted by Crippen LogP contribution is 1.90. The molecule has 1 aliphatic rings. The summed E-state index contributed by atoms with van der Waals surface area (Å²) in [4.78, 5) is 10.4. The Morgan fingerprint density at radius 1 is 1.55 bits per heavy atom. The summed E-state index contributed by atoms with van der Waals surface area (Å²) in [6.07, 6.45) is 1.64. The Balaban J connectivity index is 0. The summed E-state index contributed by atoms with van der Waals surface area (Å²) in [5.74, 6) is -0.366. The lowest BCUT2D eigenvalue weighted by atomic mass is 10.2. The van der Waals surface area contributed by atoms with Gasteiger partial charge in [0.2, 0.25) is 5.91 Å². The molecule has 0 unspecified atom stereocenters. The van der Waals surface area contributed by atoms with Crippen molar-refractivity contribution in [1.29, 1.82) is 0 Å². The maximum atomic E-state index is 10.4. The predicted octanol–water partition coefficient (Wildman–Crippen LogP) is -0.651. The SMILES string of the molecule is Cl.Cl.NC(=O)C1=CNCNC1. The Morgan fingerprint density at radius 3 is 2.45 bits per heavy atom. The molecule has 0 bridgehead atoms. The molecule has 1 amide bonds. The van der Waals surface area contributed by atoms with Crippen LogP contribution in [0.2, 0.25) is 0 Å². The Hall–Kier alpha value is -0.450. The number of nitrogens with one attached hydrogen (secondary N) is 2. The molecule has 0 aliphatic carbocycles. The summed E-state index contributed by atoms with van der Waals surface area (Å²) in [5.41, 5.74) is 5.58. The highest BCUT2D eigenvalue weighted by molar-refractivity contribution is 5.92. The molecule has 0 fully saturated rings. The summed E-state index contributed by atoms with van der Waals surface area (Å²) in [6.45, 7) is 1.28. The standard InChI is InChI=1S/C5H9N3O.2ClH/c6-5(9)4-1-7-3-8-2-4;;/h1,7-8H,2-3H2,(H2,6,9);2*1H. The lowest BCUT2D eigenvalue weighted by Crippen LogP contribution is -2.36. The van der Waals surface area contributed by atoms with Crippen molar-refractivity contribution in [3.05, 3.63) is 11.8 Å². The molecule has 0 aromatic carbocycles. The maximum Gasteiger partial charge on any atom is 0.247 e. The van der Waals surface area contributed by atoms with Crippen LogP contribution in [0.5, 0.6) is 0 Å². The third kappa shape index (κ3) is 4.08. The molecule has 0 saturated carbocycles. The van der Waals surface area contributed by atoms with E-state index in [4.69, 9.17) is 5.73 Å². The van der Waals surface area contributed by atoms with Gasteiger partial charge in [-0.05, 0) is 0 Å². The van der Waals surface area contributed by atoms with E-state index in [2.05, 4.69) is 10.6 Å². The molecule has 0 spiro atoms. The van der Waals surface area contributed by atoms with Crippen molar-refractivity contribution < 1.29 is 4.79 Å². The molecule has 6 heteroatoms. The molecule has 0 radical (unpaired) electrons. The van der Waals surface area contributed by atoms with Crippen molar-refractivity contribution in [2.45, 2.75) is 0 Å². The zero-order valence-electron chi connectivity index (χ0n) is 5.79. The Kier molecular flexibility index (Phi) is 7.51. The van der Waals surface area contributed by atoms with Crippen LogP contribution in [0.15, 0.2) is 11.8 Å². The van der Waals surface area contributed by atoms with Crippen LogP contribution in [0.25, 0.3) is 0 Å². The van der Waals surface area contributed by atoms with Gasteiger partial charge in [-0.3, -0.25) is 10.1 Å². The highest BCUT2D eigenvalue weighted by Gasteiger charge is 2.05. The van der Waals surface area contributed by atoms with E-state index in [-0.39, 0.29) is 30.7 Å². The Morgan fingerprint density at radius 2 is 2.18 bits per heavy atom. The van der Waals surface area contributed by atoms with Crippen molar-refractivity contribution >= 4 is 30.7 Å². The van der Waals surface area contributed by atoms with Crippen LogP contribution in [0.3, 0.4) is 0 Å². The molecule has 1 aliphatic heterocycles. The van der Waals surface area contributed by atoms with E-state index in [1.165, 1.54) is 0 Å². The van der Waals surface area contributed by atoms with Crippen LogP contribution in [0, 0.1) is 0 Å². The number of carbonyl (C=O) groups excluding carboxylic acids is 1. The normalized spacial score (nSPS) is 14.7. The zero-order chi connectivity index (χ0) is 6.69. The molecule has 0 aromatic heterocycles. The van der Waals surface area contributed by atoms with Gasteiger partial charge in [0.05, 0.1) is 6.67 Å². The first-order chi connectivity index (χ1) is 4.30. The van der Waals surface area contributed by atoms with Gasteiger partial charge in [0.15, 0.2) is 0 Å². The van der Waals surface area contributed by atoms with Crippen molar-refractivity contribution in [2.75, 3.05) is 13.2 Å². The van der Waals surface area contributed by atoms with E-state index in [1.54, 1.807) is 6.20 Å². The van der Waals surface area contributed by atoms with Gasteiger partial charge >= 0.3 is 0 Å². The average molecular weight is 200 g/mol. The first-order valence-corrected chi connectivity index (χ1v) is 2.73.